The second-order valence-corrected chi connectivity index (χ2v) is 7.01. The number of hydrogen-bond acceptors (Lipinski definition) is 5. The number of nitrogens with one attached hydrogen (secondary N) is 1. The van der Waals surface area contributed by atoms with Crippen molar-refractivity contribution in [3.05, 3.63) is 24.2 Å². The Morgan fingerprint density at radius 2 is 2.16 bits per heavy atom. The van der Waals surface area contributed by atoms with Gasteiger partial charge in [-0.05, 0) is 32.4 Å². The van der Waals surface area contributed by atoms with Crippen molar-refractivity contribution in [2.24, 2.45) is 5.73 Å². The Morgan fingerprint density at radius 3 is 2.68 bits per heavy atom. The molecule has 7 heteroatoms. The zero-order valence-electron chi connectivity index (χ0n) is 11.1. The van der Waals surface area contributed by atoms with Crippen molar-refractivity contribution in [1.82, 2.24) is 5.32 Å². The van der Waals surface area contributed by atoms with Crippen molar-refractivity contribution >= 4 is 15.7 Å². The van der Waals surface area contributed by atoms with Crippen LogP contribution in [-0.2, 0) is 21.2 Å². The zero-order valence-corrected chi connectivity index (χ0v) is 11.9. The van der Waals surface area contributed by atoms with Crippen molar-refractivity contribution < 1.29 is 17.6 Å². The van der Waals surface area contributed by atoms with Gasteiger partial charge in [0.1, 0.15) is 11.0 Å². The summed E-state index contributed by atoms with van der Waals surface area (Å²) in [5.74, 6) is -0.0328. The molecule has 19 heavy (non-hydrogen) atoms. The molecule has 0 fully saturated rings. The van der Waals surface area contributed by atoms with Crippen LogP contribution in [0.5, 0.6) is 0 Å². The summed E-state index contributed by atoms with van der Waals surface area (Å²) in [5.41, 5.74) is 5.52. The van der Waals surface area contributed by atoms with E-state index in [1.807, 2.05) is 0 Å². The van der Waals surface area contributed by atoms with Crippen LogP contribution in [0.1, 0.15) is 26.0 Å². The molecular weight excluding hydrogens is 268 g/mol. The number of carbonyl (C=O) groups excluding carboxylic acids is 1. The van der Waals surface area contributed by atoms with Gasteiger partial charge in [0.05, 0.1) is 18.6 Å². The summed E-state index contributed by atoms with van der Waals surface area (Å²) in [6, 6.07) is 3.20. The van der Waals surface area contributed by atoms with Crippen molar-refractivity contribution in [1.29, 1.82) is 0 Å². The molecule has 0 spiro atoms. The predicted octanol–water partition coefficient (Wildman–Crippen LogP) is 0.436. The molecule has 1 amide bonds. The number of amides is 1. The van der Waals surface area contributed by atoms with Crippen LogP contribution < -0.4 is 11.1 Å². The van der Waals surface area contributed by atoms with Gasteiger partial charge in [0.2, 0.25) is 5.91 Å². The van der Waals surface area contributed by atoms with Crippen LogP contribution in [0.15, 0.2) is 22.8 Å². The summed E-state index contributed by atoms with van der Waals surface area (Å²) in [4.78, 5) is 11.8. The van der Waals surface area contributed by atoms with Gasteiger partial charge >= 0.3 is 0 Å². The van der Waals surface area contributed by atoms with Crippen LogP contribution in [0.2, 0.25) is 0 Å². The Morgan fingerprint density at radius 1 is 1.47 bits per heavy atom. The lowest BCUT2D eigenvalue weighted by Gasteiger charge is -2.13. The van der Waals surface area contributed by atoms with Crippen molar-refractivity contribution in [2.75, 3.05) is 5.75 Å². The molecule has 108 valence electrons. The van der Waals surface area contributed by atoms with Crippen LogP contribution in [0, 0.1) is 0 Å². The molecule has 1 aromatic heterocycles. The maximum atomic E-state index is 11.9. The van der Waals surface area contributed by atoms with E-state index in [0.29, 0.717) is 12.2 Å². The highest BCUT2D eigenvalue weighted by Crippen LogP contribution is 2.06. The fourth-order valence-electron chi connectivity index (χ4n) is 1.42. The van der Waals surface area contributed by atoms with E-state index in [-0.39, 0.29) is 18.3 Å². The summed E-state index contributed by atoms with van der Waals surface area (Å²) in [5, 5.41) is 1.45. The quantitative estimate of drug-likeness (QED) is 0.757. The topological polar surface area (TPSA) is 102 Å². The van der Waals surface area contributed by atoms with Gasteiger partial charge in [0, 0.05) is 6.04 Å². The van der Waals surface area contributed by atoms with Crippen LogP contribution in [0.25, 0.3) is 0 Å². The Hall–Kier alpha value is -1.34. The lowest BCUT2D eigenvalue weighted by molar-refractivity contribution is -0.120. The Kier molecular flexibility index (Phi) is 5.56. The van der Waals surface area contributed by atoms with E-state index in [0.717, 1.165) is 0 Å². The number of carbonyl (C=O) groups is 1. The first-order valence-corrected chi connectivity index (χ1v) is 7.81. The van der Waals surface area contributed by atoms with E-state index < -0.39 is 21.0 Å². The molecule has 1 aromatic rings. The van der Waals surface area contributed by atoms with Crippen LogP contribution in [0.3, 0.4) is 0 Å². The maximum absolute atomic E-state index is 11.9. The number of rotatable bonds is 7. The van der Waals surface area contributed by atoms with E-state index in [9.17, 15) is 13.2 Å². The highest BCUT2D eigenvalue weighted by molar-refractivity contribution is 7.92. The zero-order chi connectivity index (χ0) is 14.5. The molecule has 2 atom stereocenters. The van der Waals surface area contributed by atoms with Crippen molar-refractivity contribution in [3.8, 4) is 0 Å². The van der Waals surface area contributed by atoms with Gasteiger partial charge in [0.15, 0.2) is 9.84 Å². The summed E-state index contributed by atoms with van der Waals surface area (Å²) >= 11 is 0. The first kappa shape index (κ1) is 15.7. The summed E-state index contributed by atoms with van der Waals surface area (Å²) in [6.45, 7) is 3.30. The molecule has 0 radical (unpaired) electrons. The van der Waals surface area contributed by atoms with Crippen LogP contribution in [-0.4, -0.2) is 31.4 Å². The third-order valence-corrected chi connectivity index (χ3v) is 4.88. The van der Waals surface area contributed by atoms with Crippen molar-refractivity contribution in [3.63, 3.8) is 0 Å². The number of furan rings is 1. The third kappa shape index (κ3) is 5.04. The molecule has 2 unspecified atom stereocenters. The lowest BCUT2D eigenvalue weighted by atomic mass is 10.3. The van der Waals surface area contributed by atoms with E-state index in [1.54, 1.807) is 19.1 Å². The van der Waals surface area contributed by atoms with E-state index >= 15 is 0 Å². The maximum Gasteiger partial charge on any atom is 0.238 e. The molecule has 1 rings (SSSR count). The van der Waals surface area contributed by atoms with E-state index in [1.165, 1.54) is 13.2 Å². The van der Waals surface area contributed by atoms with Gasteiger partial charge in [0.25, 0.3) is 0 Å². The fraction of sp³-hybridized carbons (Fsp3) is 0.583. The van der Waals surface area contributed by atoms with Gasteiger partial charge in [-0.1, -0.05) is 0 Å². The first-order chi connectivity index (χ1) is 8.83. The molecule has 0 saturated carbocycles. The standard InChI is InChI=1S/C12H20N2O4S/c1-9(13)5-7-19(16,17)10(2)12(15)14-8-11-4-3-6-18-11/h3-4,6,9-10H,5,7-8,13H2,1-2H3,(H,14,15). The fourth-order valence-corrected chi connectivity index (χ4v) is 2.88. The molecule has 0 bridgehead atoms. The second-order valence-electron chi connectivity index (χ2n) is 4.57. The molecule has 0 aromatic carbocycles. The Labute approximate surface area is 113 Å². The van der Waals surface area contributed by atoms with Crippen LogP contribution in [0.4, 0.5) is 0 Å². The third-order valence-electron chi connectivity index (χ3n) is 2.78. The average Bonchev–Trinajstić information content (AvgIpc) is 2.85. The smallest absolute Gasteiger partial charge is 0.238 e. The average molecular weight is 288 g/mol. The van der Waals surface area contributed by atoms with Gasteiger partial charge in [-0.2, -0.15) is 0 Å². The minimum atomic E-state index is -3.47. The summed E-state index contributed by atoms with van der Waals surface area (Å²) in [7, 11) is -3.47. The van der Waals surface area contributed by atoms with Gasteiger partial charge in [-0.25, -0.2) is 8.42 Å². The van der Waals surface area contributed by atoms with Gasteiger partial charge in [-0.15, -0.1) is 0 Å². The molecular formula is C12H20N2O4S. The van der Waals surface area contributed by atoms with Gasteiger partial charge < -0.3 is 15.5 Å². The number of nitrogens with two attached hydrogens (primary N) is 1. The highest BCUT2D eigenvalue weighted by Gasteiger charge is 2.27. The minimum Gasteiger partial charge on any atom is -0.467 e. The number of hydrogen-bond donors (Lipinski definition) is 2. The molecule has 0 saturated heterocycles. The number of sulfone groups is 1. The Balaban J connectivity index is 2.51. The summed E-state index contributed by atoms with van der Waals surface area (Å²) in [6.07, 6.45) is 1.84. The van der Waals surface area contributed by atoms with Crippen molar-refractivity contribution in [2.45, 2.75) is 38.1 Å². The van der Waals surface area contributed by atoms with Crippen LogP contribution >= 0.6 is 0 Å². The molecule has 6 nitrogen and oxygen atoms in total. The second kappa shape index (κ2) is 6.72. The highest BCUT2D eigenvalue weighted by atomic mass is 32.2. The van der Waals surface area contributed by atoms with E-state index in [4.69, 9.17) is 10.2 Å². The normalized spacial score (nSPS) is 14.9. The first-order valence-electron chi connectivity index (χ1n) is 6.10. The predicted molar refractivity (Wildman–Crippen MR) is 72.1 cm³/mol. The molecule has 1 heterocycles. The lowest BCUT2D eigenvalue weighted by Crippen LogP contribution is -2.39. The largest absolute Gasteiger partial charge is 0.467 e. The van der Waals surface area contributed by atoms with Gasteiger partial charge in [-0.3, -0.25) is 4.79 Å². The summed E-state index contributed by atoms with van der Waals surface area (Å²) < 4.78 is 28.8. The molecule has 0 aliphatic carbocycles. The SMILES string of the molecule is CC(N)CCS(=O)(=O)C(C)C(=O)NCc1ccco1. The monoisotopic (exact) mass is 288 g/mol. The van der Waals surface area contributed by atoms with E-state index in [2.05, 4.69) is 5.32 Å². The molecule has 3 N–H and O–H groups in total. The molecule has 0 aliphatic rings. The molecule has 0 aliphatic heterocycles. The minimum absolute atomic E-state index is 0.0833. The Bertz CT molecular complexity index is 494.